The minimum Gasteiger partial charge on any atom is -0.474 e. The fourth-order valence-electron chi connectivity index (χ4n) is 3.23. The highest BCUT2D eigenvalue weighted by Crippen LogP contribution is 2.40. The molecule has 1 saturated carbocycles. The molecule has 4 unspecified atom stereocenters. The molecule has 0 aromatic rings. The van der Waals surface area contributed by atoms with Gasteiger partial charge in [0.2, 0.25) is 0 Å². The van der Waals surface area contributed by atoms with Gasteiger partial charge in [0.05, 0.1) is 0 Å². The molecule has 4 N–H and O–H groups in total. The Bertz CT molecular complexity index is 560. The van der Waals surface area contributed by atoms with Crippen molar-refractivity contribution in [2.45, 2.75) is 38.4 Å². The quantitative estimate of drug-likeness (QED) is 0.299. The highest BCUT2D eigenvalue weighted by Gasteiger charge is 2.30. The van der Waals surface area contributed by atoms with Gasteiger partial charge in [0, 0.05) is 29.8 Å². The van der Waals surface area contributed by atoms with E-state index in [2.05, 4.69) is 24.5 Å². The summed E-state index contributed by atoms with van der Waals surface area (Å²) in [5.41, 5.74) is 0. The summed E-state index contributed by atoms with van der Waals surface area (Å²) in [5.74, 6) is -0.733. The first kappa shape index (κ1) is 24.6. The van der Waals surface area contributed by atoms with Crippen LogP contribution >= 0.6 is 23.5 Å². The molecule has 160 valence electrons. The number of hydrogen-bond acceptors (Lipinski definition) is 6. The van der Waals surface area contributed by atoms with E-state index in [1.165, 1.54) is 6.42 Å². The molecule has 0 aliphatic heterocycles. The zero-order valence-electron chi connectivity index (χ0n) is 16.3. The van der Waals surface area contributed by atoms with Crippen LogP contribution in [0.1, 0.15) is 33.1 Å². The van der Waals surface area contributed by atoms with Crippen molar-refractivity contribution in [1.82, 2.24) is 10.6 Å². The fourth-order valence-corrected chi connectivity index (χ4v) is 5.66. The lowest BCUT2D eigenvalue weighted by Gasteiger charge is -2.37. The number of amides is 2. The third-order valence-corrected chi connectivity index (χ3v) is 7.77. The Morgan fingerprint density at radius 1 is 1.00 bits per heavy atom. The van der Waals surface area contributed by atoms with Crippen molar-refractivity contribution in [3.63, 3.8) is 0 Å². The van der Waals surface area contributed by atoms with Gasteiger partial charge in [0.1, 0.15) is 0 Å². The molecule has 28 heavy (non-hydrogen) atoms. The van der Waals surface area contributed by atoms with Crippen LogP contribution in [-0.2, 0) is 19.2 Å². The molecule has 0 heterocycles. The molecule has 8 nitrogen and oxygen atoms in total. The molecule has 0 saturated heterocycles. The third-order valence-electron chi connectivity index (χ3n) is 4.99. The Kier molecular flexibility index (Phi) is 11.4. The number of aliphatic carboxylic acids is 2. The largest absolute Gasteiger partial charge is 0.474 e. The second-order valence-corrected chi connectivity index (χ2v) is 9.63. The van der Waals surface area contributed by atoms with E-state index in [4.69, 9.17) is 10.2 Å². The van der Waals surface area contributed by atoms with Crippen LogP contribution in [0.5, 0.6) is 0 Å². The monoisotopic (exact) mass is 434 g/mol. The van der Waals surface area contributed by atoms with Gasteiger partial charge in [-0.2, -0.15) is 23.5 Å². The molecule has 0 aromatic carbocycles. The van der Waals surface area contributed by atoms with Crippen LogP contribution in [-0.4, -0.2) is 69.6 Å². The molecular formula is C18H30N2O6S2. The Morgan fingerprint density at radius 2 is 1.57 bits per heavy atom. The number of rotatable bonds is 10. The first-order valence-corrected chi connectivity index (χ1v) is 11.6. The number of nitrogens with one attached hydrogen (secondary N) is 2. The van der Waals surface area contributed by atoms with Gasteiger partial charge in [0.25, 0.3) is 0 Å². The summed E-state index contributed by atoms with van der Waals surface area (Å²) < 4.78 is 0. The summed E-state index contributed by atoms with van der Waals surface area (Å²) in [7, 11) is 0. The van der Waals surface area contributed by atoms with Crippen molar-refractivity contribution in [2.75, 3.05) is 30.3 Å². The van der Waals surface area contributed by atoms with Crippen LogP contribution in [0.25, 0.3) is 0 Å². The van der Waals surface area contributed by atoms with Crippen molar-refractivity contribution in [1.29, 1.82) is 0 Å². The third kappa shape index (κ3) is 9.18. The maximum atomic E-state index is 11.0. The standard InChI is InChI=1S/C18H30N2O6S2/c1-11-3-4-13(9-14(11)28-8-6-20-16(22)18(25)26)12(2)10-27-7-5-19-15(21)17(23)24/h11-14H,3-10H2,1-2H3,(H,19,21)(H,20,22)(H,23,24)(H,25,26). The lowest BCUT2D eigenvalue weighted by atomic mass is 9.77. The average Bonchev–Trinajstić information content (AvgIpc) is 2.65. The van der Waals surface area contributed by atoms with Crippen LogP contribution in [0, 0.1) is 17.8 Å². The summed E-state index contributed by atoms with van der Waals surface area (Å²) in [5, 5.41) is 22.3. The van der Waals surface area contributed by atoms with Crippen LogP contribution in [0.4, 0.5) is 0 Å². The Morgan fingerprint density at radius 3 is 2.14 bits per heavy atom. The maximum absolute atomic E-state index is 11.0. The summed E-state index contributed by atoms with van der Waals surface area (Å²) in [4.78, 5) is 42.9. The summed E-state index contributed by atoms with van der Waals surface area (Å²) in [6, 6.07) is 0. The maximum Gasteiger partial charge on any atom is 0.394 e. The molecule has 0 aromatic heterocycles. The Hall–Kier alpha value is -1.42. The molecule has 0 bridgehead atoms. The predicted octanol–water partition coefficient (Wildman–Crippen LogP) is 1.30. The van der Waals surface area contributed by atoms with Gasteiger partial charge in [0.15, 0.2) is 0 Å². The first-order valence-electron chi connectivity index (χ1n) is 9.44. The summed E-state index contributed by atoms with van der Waals surface area (Å²) >= 11 is 3.52. The Balaban J connectivity index is 2.26. The van der Waals surface area contributed by atoms with E-state index in [-0.39, 0.29) is 0 Å². The summed E-state index contributed by atoms with van der Waals surface area (Å²) in [6.45, 7) is 5.19. The van der Waals surface area contributed by atoms with Gasteiger partial charge < -0.3 is 20.8 Å². The number of hydrogen-bond donors (Lipinski definition) is 4. The fraction of sp³-hybridized carbons (Fsp3) is 0.778. The minimum atomic E-state index is -1.46. The van der Waals surface area contributed by atoms with Crippen molar-refractivity contribution < 1.29 is 29.4 Å². The van der Waals surface area contributed by atoms with Crippen molar-refractivity contribution in [3.8, 4) is 0 Å². The van der Waals surface area contributed by atoms with Gasteiger partial charge in [-0.1, -0.05) is 13.8 Å². The van der Waals surface area contributed by atoms with E-state index in [1.54, 1.807) is 23.5 Å². The topological polar surface area (TPSA) is 133 Å². The number of carboxylic acid groups (broad SMARTS) is 2. The van der Waals surface area contributed by atoms with Gasteiger partial charge in [-0.15, -0.1) is 0 Å². The van der Waals surface area contributed by atoms with E-state index in [1.807, 2.05) is 0 Å². The first-order chi connectivity index (χ1) is 13.2. The summed E-state index contributed by atoms with van der Waals surface area (Å²) in [6.07, 6.45) is 3.45. The highest BCUT2D eigenvalue weighted by molar-refractivity contribution is 8.00. The SMILES string of the molecule is CC(CSCCNC(=O)C(=O)O)C1CCC(C)C(SCCNC(=O)C(=O)O)C1. The molecule has 0 spiro atoms. The van der Waals surface area contributed by atoms with Gasteiger partial charge in [-0.3, -0.25) is 9.59 Å². The molecular weight excluding hydrogens is 404 g/mol. The van der Waals surface area contributed by atoms with Gasteiger partial charge in [-0.25, -0.2) is 9.59 Å². The second-order valence-electron chi connectivity index (χ2n) is 7.13. The van der Waals surface area contributed by atoms with Gasteiger partial charge in [-0.05, 0) is 42.8 Å². The molecule has 0 radical (unpaired) electrons. The molecule has 1 fully saturated rings. The predicted molar refractivity (Wildman–Crippen MR) is 111 cm³/mol. The number of carboxylic acids is 2. The zero-order chi connectivity index (χ0) is 21.1. The van der Waals surface area contributed by atoms with Crippen LogP contribution in [0.15, 0.2) is 0 Å². The van der Waals surface area contributed by atoms with E-state index in [0.29, 0.717) is 47.6 Å². The molecule has 4 atom stereocenters. The van der Waals surface area contributed by atoms with Gasteiger partial charge >= 0.3 is 23.8 Å². The lowest BCUT2D eigenvalue weighted by molar-refractivity contribution is -0.150. The lowest BCUT2D eigenvalue weighted by Crippen LogP contribution is -2.34. The Labute approximate surface area is 174 Å². The molecule has 10 heteroatoms. The number of carbonyl (C=O) groups is 4. The minimum absolute atomic E-state index is 0.352. The van der Waals surface area contributed by atoms with Crippen LogP contribution in [0.2, 0.25) is 0 Å². The smallest absolute Gasteiger partial charge is 0.394 e. The van der Waals surface area contributed by atoms with Crippen molar-refractivity contribution in [3.05, 3.63) is 0 Å². The molecule has 1 rings (SSSR count). The van der Waals surface area contributed by atoms with Crippen molar-refractivity contribution >= 4 is 47.3 Å². The normalized spacial score (nSPS) is 22.9. The van der Waals surface area contributed by atoms with Crippen LogP contribution in [0.3, 0.4) is 0 Å². The van der Waals surface area contributed by atoms with Crippen LogP contribution < -0.4 is 10.6 Å². The average molecular weight is 435 g/mol. The molecule has 1 aliphatic rings. The molecule has 1 aliphatic carbocycles. The number of thioether (sulfide) groups is 2. The highest BCUT2D eigenvalue weighted by atomic mass is 32.2. The van der Waals surface area contributed by atoms with E-state index < -0.39 is 23.8 Å². The van der Waals surface area contributed by atoms with E-state index in [0.717, 1.165) is 18.6 Å². The van der Waals surface area contributed by atoms with Crippen molar-refractivity contribution in [2.24, 2.45) is 17.8 Å². The van der Waals surface area contributed by atoms with E-state index in [9.17, 15) is 19.2 Å². The zero-order valence-corrected chi connectivity index (χ0v) is 17.9. The number of carbonyl (C=O) groups excluding carboxylic acids is 2. The van der Waals surface area contributed by atoms with E-state index >= 15 is 0 Å². The second kappa shape index (κ2) is 12.9. The molecule has 2 amide bonds.